The van der Waals surface area contributed by atoms with Gasteiger partial charge in [0.2, 0.25) is 0 Å². The number of nitrogens with one attached hydrogen (secondary N) is 1. The predicted octanol–water partition coefficient (Wildman–Crippen LogP) is 3.50. The number of alkyl halides is 3. The van der Waals surface area contributed by atoms with Gasteiger partial charge >= 0.3 is 6.18 Å². The van der Waals surface area contributed by atoms with Crippen LogP contribution in [0.3, 0.4) is 0 Å². The second-order valence-corrected chi connectivity index (χ2v) is 4.97. The third kappa shape index (κ3) is 2.53. The number of hydrogen-bond acceptors (Lipinski definition) is 1. The van der Waals surface area contributed by atoms with Crippen LogP contribution < -0.4 is 0 Å². The number of carbonyl (C=O) groups is 1. The van der Waals surface area contributed by atoms with E-state index in [2.05, 4.69) is 4.98 Å². The fourth-order valence-electron chi connectivity index (χ4n) is 2.55. The molecule has 0 saturated heterocycles. The van der Waals surface area contributed by atoms with Gasteiger partial charge in [-0.25, -0.2) is 0 Å². The number of carbonyl (C=O) groups excluding carboxylic acids is 1. The van der Waals surface area contributed by atoms with E-state index in [0.717, 1.165) is 17.0 Å². The summed E-state index contributed by atoms with van der Waals surface area (Å²) in [5.74, 6) is -0.238. The van der Waals surface area contributed by atoms with Gasteiger partial charge in [0.25, 0.3) is 5.91 Å². The number of H-pyrrole nitrogens is 1. The lowest BCUT2D eigenvalue weighted by Gasteiger charge is -2.27. The number of fused-ring (bicyclic) bond motifs is 1. The van der Waals surface area contributed by atoms with Gasteiger partial charge in [-0.05, 0) is 24.6 Å². The molecule has 0 atom stereocenters. The molecule has 6 heteroatoms. The Morgan fingerprint density at radius 2 is 2.05 bits per heavy atom. The number of benzene rings is 1. The third-order valence-corrected chi connectivity index (χ3v) is 3.69. The Labute approximate surface area is 119 Å². The molecule has 1 aromatic carbocycles. The summed E-state index contributed by atoms with van der Waals surface area (Å²) in [4.78, 5) is 16.9. The average molecular weight is 294 g/mol. The molecule has 0 fully saturated rings. The molecular formula is C15H13F3N2O. The SMILES string of the molecule is O=C(c1cccc2[nH]ccc12)N1CC=C(C(F)(F)F)CC1. The van der Waals surface area contributed by atoms with E-state index in [-0.39, 0.29) is 25.4 Å². The van der Waals surface area contributed by atoms with Crippen LogP contribution in [0.1, 0.15) is 16.8 Å². The maximum absolute atomic E-state index is 12.6. The monoisotopic (exact) mass is 294 g/mol. The standard InChI is InChI=1S/C15H13F3N2O/c16-15(17,18)10-5-8-20(9-6-10)14(21)12-2-1-3-13-11(12)4-7-19-13/h1-5,7,19H,6,8-9H2. The zero-order valence-electron chi connectivity index (χ0n) is 11.1. The summed E-state index contributed by atoms with van der Waals surface area (Å²) in [7, 11) is 0. The van der Waals surface area contributed by atoms with Crippen LogP contribution in [0, 0.1) is 0 Å². The summed E-state index contributed by atoms with van der Waals surface area (Å²) in [6.45, 7) is 0.0828. The Bertz CT molecular complexity index is 715. The molecule has 0 spiro atoms. The summed E-state index contributed by atoms with van der Waals surface area (Å²) in [5.41, 5.74) is 0.799. The van der Waals surface area contributed by atoms with Crippen molar-refractivity contribution in [2.75, 3.05) is 13.1 Å². The maximum atomic E-state index is 12.6. The van der Waals surface area contributed by atoms with Crippen LogP contribution >= 0.6 is 0 Å². The quantitative estimate of drug-likeness (QED) is 0.803. The molecule has 0 radical (unpaired) electrons. The molecule has 0 saturated carbocycles. The first-order chi connectivity index (χ1) is 9.97. The number of aromatic nitrogens is 1. The molecule has 0 aliphatic carbocycles. The van der Waals surface area contributed by atoms with Crippen LogP contribution in [0.4, 0.5) is 13.2 Å². The van der Waals surface area contributed by atoms with E-state index < -0.39 is 11.7 Å². The van der Waals surface area contributed by atoms with Gasteiger partial charge in [0.1, 0.15) is 0 Å². The highest BCUT2D eigenvalue weighted by Gasteiger charge is 2.35. The number of halogens is 3. The van der Waals surface area contributed by atoms with Gasteiger partial charge < -0.3 is 9.88 Å². The van der Waals surface area contributed by atoms with Crippen molar-refractivity contribution in [3.63, 3.8) is 0 Å². The Kier molecular flexibility index (Phi) is 3.23. The molecule has 1 aliphatic rings. The van der Waals surface area contributed by atoms with Gasteiger partial charge in [-0.3, -0.25) is 4.79 Å². The van der Waals surface area contributed by atoms with E-state index in [1.807, 2.05) is 6.07 Å². The summed E-state index contributed by atoms with van der Waals surface area (Å²) < 4.78 is 37.7. The Morgan fingerprint density at radius 1 is 1.24 bits per heavy atom. The van der Waals surface area contributed by atoms with Gasteiger partial charge in [0, 0.05) is 41.3 Å². The van der Waals surface area contributed by atoms with Crippen molar-refractivity contribution in [2.45, 2.75) is 12.6 Å². The number of rotatable bonds is 1. The van der Waals surface area contributed by atoms with E-state index >= 15 is 0 Å². The van der Waals surface area contributed by atoms with Crippen LogP contribution in [0.5, 0.6) is 0 Å². The normalized spacial score (nSPS) is 16.1. The Morgan fingerprint density at radius 3 is 2.71 bits per heavy atom. The topological polar surface area (TPSA) is 36.1 Å². The second kappa shape index (κ2) is 4.95. The molecule has 1 N–H and O–H groups in total. The van der Waals surface area contributed by atoms with E-state index in [9.17, 15) is 18.0 Å². The van der Waals surface area contributed by atoms with Crippen molar-refractivity contribution >= 4 is 16.8 Å². The fourth-order valence-corrected chi connectivity index (χ4v) is 2.55. The van der Waals surface area contributed by atoms with Crippen LogP contribution in [0.2, 0.25) is 0 Å². The van der Waals surface area contributed by atoms with Crippen molar-refractivity contribution in [1.29, 1.82) is 0 Å². The van der Waals surface area contributed by atoms with Gasteiger partial charge in [0.05, 0.1) is 0 Å². The summed E-state index contributed by atoms with van der Waals surface area (Å²) in [5, 5.41) is 0.785. The molecule has 2 aromatic rings. The average Bonchev–Trinajstić information content (AvgIpc) is 2.94. The van der Waals surface area contributed by atoms with Crippen molar-refractivity contribution in [2.24, 2.45) is 0 Å². The highest BCUT2D eigenvalue weighted by Crippen LogP contribution is 2.30. The molecular weight excluding hydrogens is 281 g/mol. The molecule has 1 aromatic heterocycles. The third-order valence-electron chi connectivity index (χ3n) is 3.69. The van der Waals surface area contributed by atoms with Gasteiger partial charge in [-0.15, -0.1) is 0 Å². The van der Waals surface area contributed by atoms with Crippen molar-refractivity contribution < 1.29 is 18.0 Å². The van der Waals surface area contributed by atoms with E-state index in [4.69, 9.17) is 0 Å². The molecule has 2 heterocycles. The summed E-state index contributed by atoms with van der Waals surface area (Å²) >= 11 is 0. The Balaban J connectivity index is 1.84. The number of aromatic amines is 1. The van der Waals surface area contributed by atoms with Crippen molar-refractivity contribution in [3.8, 4) is 0 Å². The van der Waals surface area contributed by atoms with E-state index in [1.54, 1.807) is 24.4 Å². The molecule has 1 aliphatic heterocycles. The van der Waals surface area contributed by atoms with Crippen molar-refractivity contribution in [1.82, 2.24) is 9.88 Å². The number of nitrogens with zero attached hydrogens (tertiary/aromatic N) is 1. The highest BCUT2D eigenvalue weighted by atomic mass is 19.4. The molecule has 0 bridgehead atoms. The first-order valence-corrected chi connectivity index (χ1v) is 6.58. The minimum atomic E-state index is -4.30. The number of amides is 1. The van der Waals surface area contributed by atoms with Crippen LogP contribution in [-0.4, -0.2) is 35.1 Å². The zero-order valence-corrected chi connectivity index (χ0v) is 11.1. The lowest BCUT2D eigenvalue weighted by molar-refractivity contribution is -0.0957. The smallest absolute Gasteiger partial charge is 0.361 e. The zero-order chi connectivity index (χ0) is 15.0. The predicted molar refractivity (Wildman–Crippen MR) is 73.0 cm³/mol. The van der Waals surface area contributed by atoms with E-state index in [1.165, 1.54) is 4.90 Å². The maximum Gasteiger partial charge on any atom is 0.412 e. The fraction of sp³-hybridized carbons (Fsp3) is 0.267. The molecule has 3 nitrogen and oxygen atoms in total. The largest absolute Gasteiger partial charge is 0.412 e. The first-order valence-electron chi connectivity index (χ1n) is 6.58. The van der Waals surface area contributed by atoms with Crippen molar-refractivity contribution in [3.05, 3.63) is 47.7 Å². The molecule has 1 amide bonds. The Hall–Kier alpha value is -2.24. The minimum Gasteiger partial charge on any atom is -0.361 e. The number of hydrogen-bond donors (Lipinski definition) is 1. The first kappa shape index (κ1) is 13.7. The van der Waals surface area contributed by atoms with Crippen LogP contribution in [0.15, 0.2) is 42.1 Å². The minimum absolute atomic E-state index is 0.00547. The lowest BCUT2D eigenvalue weighted by atomic mass is 10.0. The van der Waals surface area contributed by atoms with Gasteiger partial charge in [-0.2, -0.15) is 13.2 Å². The molecule has 0 unspecified atom stereocenters. The van der Waals surface area contributed by atoms with Crippen LogP contribution in [-0.2, 0) is 0 Å². The van der Waals surface area contributed by atoms with Gasteiger partial charge in [-0.1, -0.05) is 12.1 Å². The van der Waals surface area contributed by atoms with Gasteiger partial charge in [0.15, 0.2) is 0 Å². The highest BCUT2D eigenvalue weighted by molar-refractivity contribution is 6.06. The van der Waals surface area contributed by atoms with Crippen LogP contribution in [0.25, 0.3) is 10.9 Å². The summed E-state index contributed by atoms with van der Waals surface area (Å²) in [6, 6.07) is 7.10. The summed E-state index contributed by atoms with van der Waals surface area (Å²) in [6.07, 6.45) is -1.62. The second-order valence-electron chi connectivity index (χ2n) is 4.97. The molecule has 110 valence electrons. The lowest BCUT2D eigenvalue weighted by Crippen LogP contribution is -2.36. The van der Waals surface area contributed by atoms with E-state index in [0.29, 0.717) is 5.56 Å². The molecule has 21 heavy (non-hydrogen) atoms. The molecule has 3 rings (SSSR count).